The van der Waals surface area contributed by atoms with E-state index in [1.54, 1.807) is 0 Å². The van der Waals surface area contributed by atoms with E-state index in [1.165, 1.54) is 25.3 Å². The average molecular weight is 194 g/mol. The molecular weight excluding hydrogens is 182 g/mol. The van der Waals surface area contributed by atoms with Crippen LogP contribution in [0, 0.1) is 0 Å². The molecule has 1 heterocycles. The van der Waals surface area contributed by atoms with Crippen LogP contribution in [0.15, 0.2) is 24.4 Å². The summed E-state index contributed by atoms with van der Waals surface area (Å²) in [7, 11) is 0. The van der Waals surface area contributed by atoms with E-state index in [0.29, 0.717) is 0 Å². The van der Waals surface area contributed by atoms with Crippen molar-refractivity contribution in [2.45, 2.75) is 12.5 Å². The summed E-state index contributed by atoms with van der Waals surface area (Å²) in [5.74, 6) is -1.70. The fraction of sp³-hybridized carbons (Fsp3) is 0.222. The molecule has 1 atom stereocenters. The zero-order valence-electron chi connectivity index (χ0n) is 8.65. The summed E-state index contributed by atoms with van der Waals surface area (Å²) in [6.45, 7) is 1.20. The minimum Gasteiger partial charge on any atom is -0.368 e. The van der Waals surface area contributed by atoms with Gasteiger partial charge in [-0.3, -0.25) is 14.6 Å². The first-order chi connectivity index (χ1) is 6.87. The standard InChI is InChI=1S/C9H11N3O2/c1-9(11,8(10)14)7(13)6-4-2-3-5-12-6/h2-5H,11H2,1H3,(H2,10,14)/t9-/m1/s1/i4D. The molecule has 0 fully saturated rings. The zero-order chi connectivity index (χ0) is 11.6. The summed E-state index contributed by atoms with van der Waals surface area (Å²) in [5.41, 5.74) is 8.46. The molecule has 4 N–H and O–H groups in total. The van der Waals surface area contributed by atoms with Gasteiger partial charge in [-0.1, -0.05) is 6.07 Å². The van der Waals surface area contributed by atoms with Crippen LogP contribution in [0.2, 0.25) is 0 Å². The van der Waals surface area contributed by atoms with Crippen molar-refractivity contribution in [3.8, 4) is 0 Å². The Hall–Kier alpha value is -1.75. The molecule has 0 unspecified atom stereocenters. The van der Waals surface area contributed by atoms with Crippen LogP contribution in [0.1, 0.15) is 18.8 Å². The third-order valence-electron chi connectivity index (χ3n) is 1.80. The quantitative estimate of drug-likeness (QED) is 0.499. The Kier molecular flexibility index (Phi) is 2.24. The van der Waals surface area contributed by atoms with Crippen LogP contribution in [0.25, 0.3) is 0 Å². The maximum Gasteiger partial charge on any atom is 0.245 e. The highest BCUT2D eigenvalue weighted by Crippen LogP contribution is 2.07. The molecule has 1 rings (SSSR count). The number of rotatable bonds is 3. The van der Waals surface area contributed by atoms with Crippen molar-refractivity contribution in [3.63, 3.8) is 0 Å². The van der Waals surface area contributed by atoms with E-state index in [4.69, 9.17) is 12.8 Å². The summed E-state index contributed by atoms with van der Waals surface area (Å²) >= 11 is 0. The average Bonchev–Trinajstić information content (AvgIpc) is 2.17. The number of primary amides is 1. The van der Waals surface area contributed by atoms with Gasteiger partial charge in [-0.15, -0.1) is 0 Å². The monoisotopic (exact) mass is 194 g/mol. The van der Waals surface area contributed by atoms with Gasteiger partial charge >= 0.3 is 0 Å². The fourth-order valence-electron chi connectivity index (χ4n) is 0.807. The summed E-state index contributed by atoms with van der Waals surface area (Å²) < 4.78 is 7.43. The predicted octanol–water partition coefficient (Wildman–Crippen LogP) is -0.533. The highest BCUT2D eigenvalue weighted by molar-refractivity contribution is 6.16. The molecule has 0 aliphatic rings. The van der Waals surface area contributed by atoms with Gasteiger partial charge in [-0.2, -0.15) is 0 Å². The normalized spacial score (nSPS) is 15.4. The first-order valence-corrected chi connectivity index (χ1v) is 3.92. The number of carbonyl (C=O) groups is 2. The SMILES string of the molecule is [2H]c1cccnc1C(=O)[C@@](C)(N)C(N)=O. The van der Waals surface area contributed by atoms with Gasteiger partial charge < -0.3 is 11.5 Å². The topological polar surface area (TPSA) is 99.1 Å². The molecule has 0 aliphatic carbocycles. The lowest BCUT2D eigenvalue weighted by molar-refractivity contribution is -0.121. The van der Waals surface area contributed by atoms with E-state index in [-0.39, 0.29) is 11.7 Å². The van der Waals surface area contributed by atoms with Crippen molar-refractivity contribution < 1.29 is 11.0 Å². The number of pyridine rings is 1. The second-order valence-corrected chi connectivity index (χ2v) is 3.03. The van der Waals surface area contributed by atoms with Gasteiger partial charge in [0.25, 0.3) is 0 Å². The zero-order valence-corrected chi connectivity index (χ0v) is 7.65. The Morgan fingerprint density at radius 2 is 2.21 bits per heavy atom. The minimum absolute atomic E-state index is 0.0829. The van der Waals surface area contributed by atoms with Crippen LogP contribution in [-0.2, 0) is 4.79 Å². The van der Waals surface area contributed by atoms with Crippen LogP contribution < -0.4 is 11.5 Å². The number of nitrogens with two attached hydrogens (primary N) is 2. The number of Topliss-reactive ketones (excluding diaryl/α,β-unsaturated/α-hetero) is 1. The van der Waals surface area contributed by atoms with Gasteiger partial charge in [0.05, 0.1) is 1.37 Å². The Balaban J connectivity index is 3.16. The van der Waals surface area contributed by atoms with Gasteiger partial charge in [0.15, 0.2) is 5.54 Å². The summed E-state index contributed by atoms with van der Waals surface area (Å²) in [6, 6.07) is 2.81. The third kappa shape index (κ3) is 1.77. The molecule has 14 heavy (non-hydrogen) atoms. The van der Waals surface area contributed by atoms with Gasteiger partial charge in [-0.05, 0) is 19.0 Å². The van der Waals surface area contributed by atoms with E-state index < -0.39 is 17.2 Å². The molecule has 1 aromatic heterocycles. The predicted molar refractivity (Wildman–Crippen MR) is 50.4 cm³/mol. The lowest BCUT2D eigenvalue weighted by atomic mass is 9.94. The maximum atomic E-state index is 11.7. The Labute approximate surface area is 82.5 Å². The van der Waals surface area contributed by atoms with E-state index in [1.807, 2.05) is 0 Å². The molecule has 0 saturated carbocycles. The van der Waals surface area contributed by atoms with Crippen molar-refractivity contribution in [1.82, 2.24) is 4.98 Å². The number of hydrogen-bond acceptors (Lipinski definition) is 4. The van der Waals surface area contributed by atoms with Crippen molar-refractivity contribution in [3.05, 3.63) is 30.1 Å². The molecule has 0 bridgehead atoms. The molecule has 1 aromatic rings. The Morgan fingerprint density at radius 1 is 1.57 bits per heavy atom. The molecule has 0 saturated heterocycles. The molecule has 74 valence electrons. The van der Waals surface area contributed by atoms with Crippen molar-refractivity contribution >= 4 is 11.7 Å². The molecule has 0 aromatic carbocycles. The largest absolute Gasteiger partial charge is 0.368 e. The molecule has 0 spiro atoms. The second kappa shape index (κ2) is 3.55. The third-order valence-corrected chi connectivity index (χ3v) is 1.80. The van der Waals surface area contributed by atoms with E-state index in [9.17, 15) is 9.59 Å². The smallest absolute Gasteiger partial charge is 0.245 e. The highest BCUT2D eigenvalue weighted by atomic mass is 16.2. The van der Waals surface area contributed by atoms with Gasteiger partial charge in [-0.25, -0.2) is 0 Å². The van der Waals surface area contributed by atoms with Crippen LogP contribution in [0.4, 0.5) is 0 Å². The number of amides is 1. The van der Waals surface area contributed by atoms with Crippen LogP contribution >= 0.6 is 0 Å². The summed E-state index contributed by atoms with van der Waals surface area (Å²) in [6.07, 6.45) is 1.35. The Bertz CT molecular complexity index is 418. The van der Waals surface area contributed by atoms with Crippen LogP contribution in [-0.4, -0.2) is 22.2 Å². The first-order valence-electron chi connectivity index (χ1n) is 4.42. The maximum absolute atomic E-state index is 11.7. The van der Waals surface area contributed by atoms with Gasteiger partial charge in [0.2, 0.25) is 11.7 Å². The Morgan fingerprint density at radius 3 is 2.71 bits per heavy atom. The first kappa shape index (κ1) is 8.83. The second-order valence-electron chi connectivity index (χ2n) is 3.03. The molecular formula is C9H11N3O2. The molecule has 0 aliphatic heterocycles. The lowest BCUT2D eigenvalue weighted by Gasteiger charge is -2.17. The molecule has 5 heteroatoms. The summed E-state index contributed by atoms with van der Waals surface area (Å²) in [5, 5.41) is 0. The number of carbonyl (C=O) groups excluding carboxylic acids is 2. The van der Waals surface area contributed by atoms with E-state index >= 15 is 0 Å². The van der Waals surface area contributed by atoms with E-state index in [0.717, 1.165) is 0 Å². The molecule has 1 amide bonds. The van der Waals surface area contributed by atoms with Gasteiger partial charge in [0, 0.05) is 6.20 Å². The van der Waals surface area contributed by atoms with Crippen LogP contribution in [0.5, 0.6) is 0 Å². The molecule has 5 nitrogen and oxygen atoms in total. The number of hydrogen-bond donors (Lipinski definition) is 2. The van der Waals surface area contributed by atoms with Crippen LogP contribution in [0.3, 0.4) is 0 Å². The van der Waals surface area contributed by atoms with Crippen molar-refractivity contribution in [2.75, 3.05) is 0 Å². The fourth-order valence-corrected chi connectivity index (χ4v) is 0.807. The lowest BCUT2D eigenvalue weighted by Crippen LogP contribution is -2.55. The number of aromatic nitrogens is 1. The minimum atomic E-state index is -1.83. The van der Waals surface area contributed by atoms with E-state index in [2.05, 4.69) is 4.98 Å². The van der Waals surface area contributed by atoms with Crippen molar-refractivity contribution in [1.29, 1.82) is 0 Å². The van der Waals surface area contributed by atoms with Gasteiger partial charge in [0.1, 0.15) is 5.69 Å². The summed E-state index contributed by atoms with van der Waals surface area (Å²) in [4.78, 5) is 26.4. The number of nitrogens with zero attached hydrogens (tertiary/aromatic N) is 1. The highest BCUT2D eigenvalue weighted by Gasteiger charge is 2.36. The number of ketones is 1. The van der Waals surface area contributed by atoms with Crippen molar-refractivity contribution in [2.24, 2.45) is 11.5 Å². The molecule has 0 radical (unpaired) electrons.